The van der Waals surface area contributed by atoms with Crippen LogP contribution in [0.15, 0.2) is 41.2 Å². The summed E-state index contributed by atoms with van der Waals surface area (Å²) in [5, 5.41) is 3.06. The van der Waals surface area contributed by atoms with Gasteiger partial charge in [0.25, 0.3) is 11.8 Å². The molecule has 1 fully saturated rings. The summed E-state index contributed by atoms with van der Waals surface area (Å²) in [4.78, 5) is 26.1. The first-order valence-corrected chi connectivity index (χ1v) is 8.00. The molecule has 2 heterocycles. The molecule has 7 heteroatoms. The van der Waals surface area contributed by atoms with Crippen molar-refractivity contribution >= 4 is 23.4 Å². The molecule has 0 atom stereocenters. The number of piperidine rings is 1. The minimum atomic E-state index is -0.646. The molecule has 1 aromatic heterocycles. The molecule has 24 heavy (non-hydrogen) atoms. The fourth-order valence-electron chi connectivity index (χ4n) is 2.73. The number of nitrogens with one attached hydrogen (secondary N) is 1. The number of nitrogens with zero attached hydrogens (tertiary/aromatic N) is 1. The van der Waals surface area contributed by atoms with Gasteiger partial charge in [0.15, 0.2) is 0 Å². The number of benzene rings is 1. The molecule has 0 unspecified atom stereocenters. The van der Waals surface area contributed by atoms with E-state index in [2.05, 4.69) is 5.32 Å². The smallest absolute Gasteiger partial charge is 0.257 e. The number of carbonyl (C=O) groups is 2. The molecule has 0 spiro atoms. The highest BCUT2D eigenvalue weighted by Gasteiger charge is 2.25. The number of carbonyl (C=O) groups excluding carboxylic acids is 2. The lowest BCUT2D eigenvalue weighted by atomic mass is 10.0. The highest BCUT2D eigenvalue weighted by atomic mass is 35.5. The van der Waals surface area contributed by atoms with E-state index in [1.807, 2.05) is 0 Å². The summed E-state index contributed by atoms with van der Waals surface area (Å²) in [5.41, 5.74) is 0.483. The van der Waals surface area contributed by atoms with Gasteiger partial charge in [0.05, 0.1) is 17.4 Å². The minimum absolute atomic E-state index is 0.0312. The molecule has 0 radical (unpaired) electrons. The van der Waals surface area contributed by atoms with Crippen molar-refractivity contribution in [2.45, 2.75) is 18.9 Å². The zero-order chi connectivity index (χ0) is 17.1. The van der Waals surface area contributed by atoms with Crippen molar-refractivity contribution in [2.24, 2.45) is 0 Å². The Morgan fingerprint density at radius 3 is 2.62 bits per heavy atom. The summed E-state index contributed by atoms with van der Waals surface area (Å²) >= 11 is 5.69. The van der Waals surface area contributed by atoms with Crippen molar-refractivity contribution in [1.29, 1.82) is 0 Å². The number of amides is 2. The first-order chi connectivity index (χ1) is 11.5. The number of hydrogen-bond acceptors (Lipinski definition) is 3. The van der Waals surface area contributed by atoms with E-state index in [0.717, 1.165) is 6.07 Å². The standard InChI is InChI=1S/C17H16ClFN2O3/c18-12-1-2-14(15(19)9-12)16(22)20-13-3-6-21(7-4-13)17(23)11-5-8-24-10-11/h1-2,5,8-10,13H,3-4,6-7H2,(H,20,22). The van der Waals surface area contributed by atoms with E-state index in [0.29, 0.717) is 31.5 Å². The Hall–Kier alpha value is -2.34. The molecular weight excluding hydrogens is 335 g/mol. The quantitative estimate of drug-likeness (QED) is 0.925. The molecule has 0 bridgehead atoms. The van der Waals surface area contributed by atoms with Gasteiger partial charge in [-0.3, -0.25) is 9.59 Å². The van der Waals surface area contributed by atoms with E-state index >= 15 is 0 Å². The first kappa shape index (κ1) is 16.5. The van der Waals surface area contributed by atoms with Crippen molar-refractivity contribution in [3.8, 4) is 0 Å². The SMILES string of the molecule is O=C(NC1CCN(C(=O)c2ccoc2)CC1)c1ccc(Cl)cc1F. The molecular formula is C17H16ClFN2O3. The molecule has 0 saturated carbocycles. The maximum Gasteiger partial charge on any atom is 0.257 e. The Morgan fingerprint density at radius 1 is 1.25 bits per heavy atom. The van der Waals surface area contributed by atoms with E-state index in [-0.39, 0.29) is 22.5 Å². The number of furan rings is 1. The van der Waals surface area contributed by atoms with Gasteiger partial charge in [-0.2, -0.15) is 0 Å². The highest BCUT2D eigenvalue weighted by Crippen LogP contribution is 2.17. The summed E-state index contributed by atoms with van der Waals surface area (Å²) < 4.78 is 18.7. The molecule has 2 amide bonds. The van der Waals surface area contributed by atoms with Crippen LogP contribution in [0.1, 0.15) is 33.6 Å². The summed E-state index contributed by atoms with van der Waals surface area (Å²) in [6, 6.07) is 5.49. The lowest BCUT2D eigenvalue weighted by molar-refractivity contribution is 0.0697. The van der Waals surface area contributed by atoms with Gasteiger partial charge >= 0.3 is 0 Å². The number of halogens is 2. The zero-order valence-electron chi connectivity index (χ0n) is 12.8. The average molecular weight is 351 g/mol. The van der Waals surface area contributed by atoms with E-state index in [4.69, 9.17) is 16.0 Å². The van der Waals surface area contributed by atoms with Crippen LogP contribution in [-0.2, 0) is 0 Å². The molecule has 0 aliphatic carbocycles. The Labute approximate surface area is 143 Å². The van der Waals surface area contributed by atoms with Crippen molar-refractivity contribution in [2.75, 3.05) is 13.1 Å². The zero-order valence-corrected chi connectivity index (χ0v) is 13.6. The molecule has 1 N–H and O–H groups in total. The normalized spacial score (nSPS) is 15.3. The Bertz CT molecular complexity index is 740. The topological polar surface area (TPSA) is 62.6 Å². The number of likely N-dealkylation sites (tertiary alicyclic amines) is 1. The predicted octanol–water partition coefficient (Wildman–Crippen LogP) is 3.11. The maximum absolute atomic E-state index is 13.8. The van der Waals surface area contributed by atoms with Crippen molar-refractivity contribution in [3.63, 3.8) is 0 Å². The molecule has 5 nitrogen and oxygen atoms in total. The van der Waals surface area contributed by atoms with Gasteiger partial charge in [-0.15, -0.1) is 0 Å². The second-order valence-corrected chi connectivity index (χ2v) is 6.11. The third kappa shape index (κ3) is 3.59. The van der Waals surface area contributed by atoms with Gasteiger partial charge in [-0.1, -0.05) is 11.6 Å². The van der Waals surface area contributed by atoms with Crippen molar-refractivity contribution in [3.05, 3.63) is 58.8 Å². The van der Waals surface area contributed by atoms with Gasteiger partial charge in [-0.25, -0.2) is 4.39 Å². The molecule has 3 rings (SSSR count). The fraction of sp³-hybridized carbons (Fsp3) is 0.294. The third-order valence-electron chi connectivity index (χ3n) is 4.06. The molecule has 126 valence electrons. The second-order valence-electron chi connectivity index (χ2n) is 5.68. The van der Waals surface area contributed by atoms with E-state index in [1.54, 1.807) is 11.0 Å². The summed E-state index contributed by atoms with van der Waals surface area (Å²) in [6.07, 6.45) is 4.11. The number of rotatable bonds is 3. The molecule has 1 aromatic carbocycles. The molecule has 1 aliphatic rings. The summed E-state index contributed by atoms with van der Waals surface area (Å²) in [5.74, 6) is -1.20. The highest BCUT2D eigenvalue weighted by molar-refractivity contribution is 6.30. The van der Waals surface area contributed by atoms with Gasteiger partial charge in [-0.05, 0) is 37.1 Å². The Kier molecular flexibility index (Phi) is 4.85. The van der Waals surface area contributed by atoms with Gasteiger partial charge in [0.2, 0.25) is 0 Å². The maximum atomic E-state index is 13.8. The first-order valence-electron chi connectivity index (χ1n) is 7.62. The van der Waals surface area contributed by atoms with E-state index < -0.39 is 11.7 Å². The van der Waals surface area contributed by atoms with Gasteiger partial charge in [0.1, 0.15) is 12.1 Å². The van der Waals surface area contributed by atoms with Gasteiger partial charge in [0, 0.05) is 24.2 Å². The van der Waals surface area contributed by atoms with Crippen LogP contribution in [-0.4, -0.2) is 35.8 Å². The van der Waals surface area contributed by atoms with Crippen molar-refractivity contribution in [1.82, 2.24) is 10.2 Å². The van der Waals surface area contributed by atoms with Crippen LogP contribution in [0.2, 0.25) is 5.02 Å². The molecule has 1 saturated heterocycles. The summed E-state index contributed by atoms with van der Waals surface area (Å²) in [6.45, 7) is 1.05. The lowest BCUT2D eigenvalue weighted by Gasteiger charge is -2.32. The monoisotopic (exact) mass is 350 g/mol. The number of hydrogen-bond donors (Lipinski definition) is 1. The van der Waals surface area contributed by atoms with Crippen LogP contribution in [0.25, 0.3) is 0 Å². The second kappa shape index (κ2) is 7.05. The third-order valence-corrected chi connectivity index (χ3v) is 4.30. The Morgan fingerprint density at radius 2 is 2.00 bits per heavy atom. The van der Waals surface area contributed by atoms with Crippen LogP contribution in [0.3, 0.4) is 0 Å². The van der Waals surface area contributed by atoms with Crippen LogP contribution in [0.4, 0.5) is 4.39 Å². The summed E-state index contributed by atoms with van der Waals surface area (Å²) in [7, 11) is 0. The lowest BCUT2D eigenvalue weighted by Crippen LogP contribution is -2.46. The predicted molar refractivity (Wildman–Crippen MR) is 86.5 cm³/mol. The Balaban J connectivity index is 1.55. The molecule has 2 aromatic rings. The van der Waals surface area contributed by atoms with Crippen LogP contribution < -0.4 is 5.32 Å². The average Bonchev–Trinajstić information content (AvgIpc) is 3.09. The van der Waals surface area contributed by atoms with Gasteiger partial charge < -0.3 is 14.6 Å². The molecule has 1 aliphatic heterocycles. The minimum Gasteiger partial charge on any atom is -0.472 e. The van der Waals surface area contributed by atoms with E-state index in [9.17, 15) is 14.0 Å². The van der Waals surface area contributed by atoms with E-state index in [1.165, 1.54) is 24.7 Å². The van der Waals surface area contributed by atoms with Crippen molar-refractivity contribution < 1.29 is 18.4 Å². The fourth-order valence-corrected chi connectivity index (χ4v) is 2.89. The van der Waals surface area contributed by atoms with Crippen LogP contribution >= 0.6 is 11.6 Å². The largest absolute Gasteiger partial charge is 0.472 e. The van der Waals surface area contributed by atoms with Crippen LogP contribution in [0, 0.1) is 5.82 Å². The van der Waals surface area contributed by atoms with Crippen LogP contribution in [0.5, 0.6) is 0 Å².